The van der Waals surface area contributed by atoms with Crippen molar-refractivity contribution in [3.8, 4) is 28.4 Å². The van der Waals surface area contributed by atoms with E-state index >= 15 is 0 Å². The maximum Gasteiger partial charge on any atom is 0.228 e. The Balaban J connectivity index is 1.52. The van der Waals surface area contributed by atoms with Gasteiger partial charge in [-0.15, -0.1) is 0 Å². The average Bonchev–Trinajstić information content (AvgIpc) is 3.56. The highest BCUT2D eigenvalue weighted by Crippen LogP contribution is 2.35. The van der Waals surface area contributed by atoms with Crippen LogP contribution in [-0.4, -0.2) is 64.9 Å². The Morgan fingerprint density at radius 1 is 0.912 bits per heavy atom. The molecule has 9 nitrogen and oxygen atoms in total. The molecule has 6 rings (SSSR count). The number of rotatable bonds is 5. The van der Waals surface area contributed by atoms with Crippen molar-refractivity contribution in [2.45, 2.75) is 0 Å². The Kier molecular flexibility index (Phi) is 5.03. The van der Waals surface area contributed by atoms with Gasteiger partial charge < -0.3 is 24.7 Å². The number of benzene rings is 2. The molecule has 34 heavy (non-hydrogen) atoms. The summed E-state index contributed by atoms with van der Waals surface area (Å²) in [6, 6.07) is 12.3. The number of H-pyrrole nitrogens is 1. The largest absolute Gasteiger partial charge is 0.493 e. The fourth-order valence-corrected chi connectivity index (χ4v) is 4.51. The van der Waals surface area contributed by atoms with E-state index < -0.39 is 0 Å². The second-order valence-electron chi connectivity index (χ2n) is 8.23. The minimum Gasteiger partial charge on any atom is -0.493 e. The average molecular weight is 456 g/mol. The van der Waals surface area contributed by atoms with Crippen molar-refractivity contribution in [2.24, 2.45) is 0 Å². The molecule has 0 atom stereocenters. The summed E-state index contributed by atoms with van der Waals surface area (Å²) in [7, 11) is 3.29. The second-order valence-corrected chi connectivity index (χ2v) is 8.23. The third-order valence-electron chi connectivity index (χ3n) is 6.28. The highest BCUT2D eigenvalue weighted by atomic mass is 16.5. The van der Waals surface area contributed by atoms with Crippen molar-refractivity contribution < 1.29 is 9.47 Å². The Hall–Kier alpha value is -4.11. The Morgan fingerprint density at radius 2 is 1.71 bits per heavy atom. The number of nitrogens with one attached hydrogen (secondary N) is 2. The van der Waals surface area contributed by atoms with E-state index in [0.717, 1.165) is 71.0 Å². The summed E-state index contributed by atoms with van der Waals surface area (Å²) in [5, 5.41) is 4.45. The van der Waals surface area contributed by atoms with Gasteiger partial charge in [0, 0.05) is 49.5 Å². The van der Waals surface area contributed by atoms with Crippen LogP contribution in [0.15, 0.2) is 55.1 Å². The smallest absolute Gasteiger partial charge is 0.228 e. The van der Waals surface area contributed by atoms with Crippen LogP contribution in [0.25, 0.3) is 38.9 Å². The van der Waals surface area contributed by atoms with E-state index in [2.05, 4.69) is 38.4 Å². The van der Waals surface area contributed by atoms with Crippen LogP contribution in [0.2, 0.25) is 0 Å². The van der Waals surface area contributed by atoms with Crippen LogP contribution in [0.5, 0.6) is 11.5 Å². The molecule has 4 heterocycles. The summed E-state index contributed by atoms with van der Waals surface area (Å²) in [5.41, 5.74) is 4.90. The molecule has 0 bridgehead atoms. The van der Waals surface area contributed by atoms with Gasteiger partial charge in [-0.25, -0.2) is 9.97 Å². The van der Waals surface area contributed by atoms with Gasteiger partial charge in [-0.2, -0.15) is 4.98 Å². The lowest BCUT2D eigenvalue weighted by atomic mass is 10.0. The number of nitrogens with zero attached hydrogens (tertiary/aromatic N) is 5. The van der Waals surface area contributed by atoms with E-state index in [-0.39, 0.29) is 0 Å². The molecule has 1 fully saturated rings. The number of hydrogen-bond donors (Lipinski definition) is 2. The van der Waals surface area contributed by atoms with Gasteiger partial charge in [0.1, 0.15) is 17.4 Å². The molecule has 2 aromatic carbocycles. The van der Waals surface area contributed by atoms with Gasteiger partial charge in [-0.1, -0.05) is 18.2 Å². The SMILES string of the molecule is COc1ccc(-c2ccc3c(c2)[nH]c2c(-n4ccnc4)nc(N4CCNCC4)nc23)cc1OC. The number of anilines is 1. The molecular formula is C25H25N7O2. The summed E-state index contributed by atoms with van der Waals surface area (Å²) in [6.07, 6.45) is 5.43. The summed E-state index contributed by atoms with van der Waals surface area (Å²) < 4.78 is 12.8. The van der Waals surface area contributed by atoms with E-state index in [1.165, 1.54) is 0 Å². The van der Waals surface area contributed by atoms with Crippen molar-refractivity contribution >= 4 is 27.9 Å². The lowest BCUT2D eigenvalue weighted by molar-refractivity contribution is 0.355. The number of fused-ring (bicyclic) bond motifs is 3. The van der Waals surface area contributed by atoms with Gasteiger partial charge in [-0.05, 0) is 29.3 Å². The van der Waals surface area contributed by atoms with Crippen LogP contribution >= 0.6 is 0 Å². The van der Waals surface area contributed by atoms with E-state index in [0.29, 0.717) is 11.5 Å². The van der Waals surface area contributed by atoms with Gasteiger partial charge in [-0.3, -0.25) is 4.57 Å². The minimum atomic E-state index is 0.700. The zero-order valence-electron chi connectivity index (χ0n) is 19.1. The van der Waals surface area contributed by atoms with Crippen LogP contribution in [-0.2, 0) is 0 Å². The van der Waals surface area contributed by atoms with Crippen LogP contribution < -0.4 is 19.7 Å². The minimum absolute atomic E-state index is 0.700. The van der Waals surface area contributed by atoms with E-state index in [1.807, 2.05) is 29.0 Å². The number of imidazole rings is 1. The van der Waals surface area contributed by atoms with Gasteiger partial charge in [0.15, 0.2) is 17.3 Å². The zero-order chi connectivity index (χ0) is 23.1. The first-order valence-corrected chi connectivity index (χ1v) is 11.2. The number of aromatic nitrogens is 5. The first-order chi connectivity index (χ1) is 16.7. The monoisotopic (exact) mass is 455 g/mol. The normalized spacial score (nSPS) is 14.1. The van der Waals surface area contributed by atoms with Crippen molar-refractivity contribution in [2.75, 3.05) is 45.3 Å². The van der Waals surface area contributed by atoms with Gasteiger partial charge in [0.05, 0.1) is 14.2 Å². The maximum atomic E-state index is 5.49. The van der Waals surface area contributed by atoms with Gasteiger partial charge >= 0.3 is 0 Å². The molecule has 0 saturated carbocycles. The molecule has 0 amide bonds. The van der Waals surface area contributed by atoms with Gasteiger partial charge in [0.2, 0.25) is 5.95 Å². The standard InChI is InChI=1S/C25H25N7O2/c1-33-20-6-4-17(14-21(20)34-2)16-3-5-18-19(13-16)28-23-22(18)29-25(31-10-7-26-8-11-31)30-24(23)32-12-9-27-15-32/h3-6,9,12-15,26,28H,7-8,10-11H2,1-2H3. The molecule has 0 unspecified atom stereocenters. The molecular weight excluding hydrogens is 430 g/mol. The van der Waals surface area contributed by atoms with Crippen molar-refractivity contribution in [1.82, 2.24) is 29.8 Å². The third kappa shape index (κ3) is 3.41. The van der Waals surface area contributed by atoms with Crippen LogP contribution in [0.4, 0.5) is 5.95 Å². The fourth-order valence-electron chi connectivity index (χ4n) is 4.51. The van der Waals surface area contributed by atoms with E-state index in [9.17, 15) is 0 Å². The molecule has 0 aliphatic carbocycles. The highest BCUT2D eigenvalue weighted by molar-refractivity contribution is 6.08. The topological polar surface area (TPSA) is 93.1 Å². The molecule has 5 aromatic rings. The first-order valence-electron chi connectivity index (χ1n) is 11.2. The maximum absolute atomic E-state index is 5.49. The molecule has 0 radical (unpaired) electrons. The number of aromatic amines is 1. The Labute approximate surface area is 196 Å². The molecule has 3 aromatic heterocycles. The van der Waals surface area contributed by atoms with E-state index in [1.54, 1.807) is 26.7 Å². The van der Waals surface area contributed by atoms with E-state index in [4.69, 9.17) is 19.4 Å². The van der Waals surface area contributed by atoms with Gasteiger partial charge in [0.25, 0.3) is 0 Å². The lowest BCUT2D eigenvalue weighted by Crippen LogP contribution is -2.44. The molecule has 2 N–H and O–H groups in total. The molecule has 1 aliphatic heterocycles. The van der Waals surface area contributed by atoms with Crippen molar-refractivity contribution in [3.63, 3.8) is 0 Å². The summed E-state index contributed by atoms with van der Waals surface area (Å²) in [6.45, 7) is 3.59. The van der Waals surface area contributed by atoms with Crippen LogP contribution in [0, 0.1) is 0 Å². The third-order valence-corrected chi connectivity index (χ3v) is 6.28. The Morgan fingerprint density at radius 3 is 2.47 bits per heavy atom. The predicted octanol–water partition coefficient (Wildman–Crippen LogP) is 3.39. The number of piperazine rings is 1. The second kappa shape index (κ2) is 8.35. The van der Waals surface area contributed by atoms with Crippen molar-refractivity contribution in [1.29, 1.82) is 0 Å². The van der Waals surface area contributed by atoms with Crippen molar-refractivity contribution in [3.05, 3.63) is 55.1 Å². The van der Waals surface area contributed by atoms with Crippen LogP contribution in [0.1, 0.15) is 0 Å². The quantitative estimate of drug-likeness (QED) is 0.420. The van der Waals surface area contributed by atoms with Crippen LogP contribution in [0.3, 0.4) is 0 Å². The first kappa shape index (κ1) is 20.5. The molecule has 9 heteroatoms. The number of hydrogen-bond acceptors (Lipinski definition) is 7. The summed E-state index contributed by atoms with van der Waals surface area (Å²) >= 11 is 0. The molecule has 1 aliphatic rings. The summed E-state index contributed by atoms with van der Waals surface area (Å²) in [4.78, 5) is 20.0. The molecule has 0 spiro atoms. The predicted molar refractivity (Wildman–Crippen MR) is 132 cm³/mol. The lowest BCUT2D eigenvalue weighted by Gasteiger charge is -2.27. The number of methoxy groups -OCH3 is 2. The highest BCUT2D eigenvalue weighted by Gasteiger charge is 2.20. The Bertz CT molecular complexity index is 1470. The molecule has 172 valence electrons. The summed E-state index contributed by atoms with van der Waals surface area (Å²) in [5.74, 6) is 2.94. The number of ether oxygens (including phenoxy) is 2. The zero-order valence-corrected chi connectivity index (χ0v) is 19.1. The molecule has 1 saturated heterocycles. The fraction of sp³-hybridized carbons (Fsp3) is 0.240.